The maximum atomic E-state index is 10.2. The van der Waals surface area contributed by atoms with Crippen LogP contribution in [0.25, 0.3) is 0 Å². The van der Waals surface area contributed by atoms with Gasteiger partial charge in [0.05, 0.1) is 12.2 Å². The van der Waals surface area contributed by atoms with Gasteiger partial charge < -0.3 is 15.1 Å². The molecule has 1 heterocycles. The van der Waals surface area contributed by atoms with E-state index in [1.165, 1.54) is 0 Å². The van der Waals surface area contributed by atoms with Crippen molar-refractivity contribution >= 4 is 0 Å². The summed E-state index contributed by atoms with van der Waals surface area (Å²) in [6, 6.07) is 7.96. The van der Waals surface area contributed by atoms with Gasteiger partial charge in [0.25, 0.3) is 0 Å². The molecule has 1 saturated heterocycles. The van der Waals surface area contributed by atoms with Crippen molar-refractivity contribution in [1.29, 1.82) is 0 Å². The number of hydrogen-bond donors (Lipinski definition) is 2. The van der Waals surface area contributed by atoms with Crippen LogP contribution in [0.5, 0.6) is 0 Å². The molecule has 0 saturated carbocycles. The van der Waals surface area contributed by atoms with Gasteiger partial charge in [0.15, 0.2) is 0 Å². The van der Waals surface area contributed by atoms with Crippen molar-refractivity contribution in [2.45, 2.75) is 32.0 Å². The minimum absolute atomic E-state index is 0.151. The highest BCUT2D eigenvalue weighted by Gasteiger charge is 2.20. The Morgan fingerprint density at radius 1 is 1.29 bits per heavy atom. The van der Waals surface area contributed by atoms with Crippen LogP contribution in [0.4, 0.5) is 0 Å². The topological polar surface area (TPSA) is 43.7 Å². The van der Waals surface area contributed by atoms with Gasteiger partial charge in [-0.3, -0.25) is 0 Å². The maximum Gasteiger partial charge on any atom is 0.0919 e. The summed E-state index contributed by atoms with van der Waals surface area (Å²) < 4.78 is 0. The third-order valence-electron chi connectivity index (χ3n) is 3.54. The standard InChI is InChI=1S/C14H21NO2/c1-11-4-2-3-5-13(11)14(17)10-15-8-6-12(16)7-9-15/h2-5,12,14,16-17H,6-10H2,1H3. The van der Waals surface area contributed by atoms with Gasteiger partial charge in [-0.15, -0.1) is 0 Å². The molecule has 3 heteroatoms. The van der Waals surface area contributed by atoms with E-state index in [0.29, 0.717) is 6.54 Å². The summed E-state index contributed by atoms with van der Waals surface area (Å²) in [7, 11) is 0. The van der Waals surface area contributed by atoms with Gasteiger partial charge in [-0.05, 0) is 30.9 Å². The quantitative estimate of drug-likeness (QED) is 0.834. The molecule has 0 aliphatic carbocycles. The maximum absolute atomic E-state index is 10.2. The van der Waals surface area contributed by atoms with Gasteiger partial charge >= 0.3 is 0 Å². The SMILES string of the molecule is Cc1ccccc1C(O)CN1CCC(O)CC1. The van der Waals surface area contributed by atoms with Crippen LogP contribution in [-0.4, -0.2) is 40.9 Å². The van der Waals surface area contributed by atoms with Crippen molar-refractivity contribution in [2.75, 3.05) is 19.6 Å². The lowest BCUT2D eigenvalue weighted by Gasteiger charge is -2.31. The second-order valence-electron chi connectivity index (χ2n) is 4.90. The molecule has 1 aromatic carbocycles. The Kier molecular flexibility index (Phi) is 4.15. The zero-order chi connectivity index (χ0) is 12.3. The Hall–Kier alpha value is -0.900. The van der Waals surface area contributed by atoms with Gasteiger partial charge in [0, 0.05) is 19.6 Å². The molecule has 0 radical (unpaired) electrons. The van der Waals surface area contributed by atoms with Crippen molar-refractivity contribution in [2.24, 2.45) is 0 Å². The van der Waals surface area contributed by atoms with Crippen molar-refractivity contribution in [3.05, 3.63) is 35.4 Å². The highest BCUT2D eigenvalue weighted by Crippen LogP contribution is 2.20. The summed E-state index contributed by atoms with van der Waals surface area (Å²) in [6.07, 6.45) is 1.06. The molecule has 0 aromatic heterocycles. The van der Waals surface area contributed by atoms with E-state index in [9.17, 15) is 10.2 Å². The van der Waals surface area contributed by atoms with Gasteiger partial charge in [-0.25, -0.2) is 0 Å². The Morgan fingerprint density at radius 2 is 1.94 bits per heavy atom. The molecule has 2 N–H and O–H groups in total. The number of β-amino-alcohol motifs (C(OH)–C–C–N with tert-alkyl or cyclic N) is 1. The van der Waals surface area contributed by atoms with E-state index in [1.807, 2.05) is 31.2 Å². The molecule has 17 heavy (non-hydrogen) atoms. The fourth-order valence-corrected chi connectivity index (χ4v) is 2.41. The zero-order valence-electron chi connectivity index (χ0n) is 10.3. The molecule has 94 valence electrons. The smallest absolute Gasteiger partial charge is 0.0919 e. The number of aliphatic hydroxyl groups is 2. The first-order valence-corrected chi connectivity index (χ1v) is 6.31. The van der Waals surface area contributed by atoms with E-state index in [4.69, 9.17) is 0 Å². The average molecular weight is 235 g/mol. The highest BCUT2D eigenvalue weighted by atomic mass is 16.3. The normalized spacial score (nSPS) is 20.4. The van der Waals surface area contributed by atoms with Crippen molar-refractivity contribution in [3.8, 4) is 0 Å². The highest BCUT2D eigenvalue weighted by molar-refractivity contribution is 5.27. The lowest BCUT2D eigenvalue weighted by Crippen LogP contribution is -2.38. The van der Waals surface area contributed by atoms with Gasteiger partial charge in [-0.2, -0.15) is 0 Å². The second-order valence-corrected chi connectivity index (χ2v) is 4.90. The van der Waals surface area contributed by atoms with Crippen LogP contribution in [0, 0.1) is 6.92 Å². The number of nitrogens with zero attached hydrogens (tertiary/aromatic N) is 1. The number of likely N-dealkylation sites (tertiary alicyclic amines) is 1. The molecule has 0 amide bonds. The summed E-state index contributed by atoms with van der Waals surface area (Å²) in [4.78, 5) is 2.23. The predicted molar refractivity (Wildman–Crippen MR) is 67.8 cm³/mol. The predicted octanol–water partition coefficient (Wildman–Crippen LogP) is 1.49. The molecule has 0 spiro atoms. The lowest BCUT2D eigenvalue weighted by atomic mass is 10.0. The molecule has 1 aliphatic rings. The molecule has 2 rings (SSSR count). The molecule has 1 unspecified atom stereocenters. The minimum atomic E-state index is -0.425. The second kappa shape index (κ2) is 5.63. The summed E-state index contributed by atoms with van der Waals surface area (Å²) >= 11 is 0. The fraction of sp³-hybridized carbons (Fsp3) is 0.571. The van der Waals surface area contributed by atoms with Gasteiger partial charge in [0.2, 0.25) is 0 Å². The van der Waals surface area contributed by atoms with E-state index >= 15 is 0 Å². The Morgan fingerprint density at radius 3 is 2.59 bits per heavy atom. The first-order chi connectivity index (χ1) is 8.16. The van der Waals surface area contributed by atoms with Crippen LogP contribution in [0.15, 0.2) is 24.3 Å². The van der Waals surface area contributed by atoms with E-state index in [2.05, 4.69) is 4.90 Å². The zero-order valence-corrected chi connectivity index (χ0v) is 10.3. The average Bonchev–Trinajstić information content (AvgIpc) is 2.32. The van der Waals surface area contributed by atoms with Crippen LogP contribution in [0.2, 0.25) is 0 Å². The molecule has 1 atom stereocenters. The Bertz CT molecular complexity index is 359. The number of aryl methyl sites for hydroxylation is 1. The fourth-order valence-electron chi connectivity index (χ4n) is 2.41. The number of benzene rings is 1. The molecular formula is C14H21NO2. The van der Waals surface area contributed by atoms with Crippen molar-refractivity contribution < 1.29 is 10.2 Å². The van der Waals surface area contributed by atoms with Crippen LogP contribution in [0.1, 0.15) is 30.1 Å². The monoisotopic (exact) mass is 235 g/mol. The largest absolute Gasteiger partial charge is 0.393 e. The van der Waals surface area contributed by atoms with Crippen molar-refractivity contribution in [1.82, 2.24) is 4.90 Å². The number of piperidine rings is 1. The van der Waals surface area contributed by atoms with Crippen molar-refractivity contribution in [3.63, 3.8) is 0 Å². The molecule has 1 aliphatic heterocycles. The summed E-state index contributed by atoms with van der Waals surface area (Å²) in [6.45, 7) is 4.45. The number of hydrogen-bond acceptors (Lipinski definition) is 3. The van der Waals surface area contributed by atoms with Gasteiger partial charge in [-0.1, -0.05) is 24.3 Å². The summed E-state index contributed by atoms with van der Waals surface area (Å²) in [5, 5.41) is 19.6. The first-order valence-electron chi connectivity index (χ1n) is 6.31. The first kappa shape index (κ1) is 12.6. The van der Waals surface area contributed by atoms with E-state index in [1.54, 1.807) is 0 Å². The molecule has 3 nitrogen and oxygen atoms in total. The van der Waals surface area contributed by atoms with Crippen LogP contribution < -0.4 is 0 Å². The van der Waals surface area contributed by atoms with Crippen LogP contribution in [0.3, 0.4) is 0 Å². The molecule has 0 bridgehead atoms. The number of rotatable bonds is 3. The Balaban J connectivity index is 1.93. The minimum Gasteiger partial charge on any atom is -0.393 e. The summed E-state index contributed by atoms with van der Waals surface area (Å²) in [5.41, 5.74) is 2.15. The lowest BCUT2D eigenvalue weighted by molar-refractivity contribution is 0.0506. The summed E-state index contributed by atoms with van der Waals surface area (Å²) in [5.74, 6) is 0. The third kappa shape index (κ3) is 3.28. The molecule has 1 fully saturated rings. The number of aliphatic hydroxyl groups excluding tert-OH is 2. The van der Waals surface area contributed by atoms with Crippen LogP contribution in [-0.2, 0) is 0 Å². The van der Waals surface area contributed by atoms with Gasteiger partial charge in [0.1, 0.15) is 0 Å². The van der Waals surface area contributed by atoms with E-state index < -0.39 is 6.10 Å². The molecular weight excluding hydrogens is 214 g/mol. The van der Waals surface area contributed by atoms with E-state index in [-0.39, 0.29) is 6.10 Å². The Labute approximate surface area is 103 Å². The third-order valence-corrected chi connectivity index (χ3v) is 3.54. The molecule has 1 aromatic rings. The van der Waals surface area contributed by atoms with Crippen LogP contribution >= 0.6 is 0 Å². The van der Waals surface area contributed by atoms with E-state index in [0.717, 1.165) is 37.1 Å².